The number of nitrogens with one attached hydrogen (secondary N) is 1. The number of nitrogens with zero attached hydrogens (tertiary/aromatic N) is 1. The molecule has 0 unspecified atom stereocenters. The van der Waals surface area contributed by atoms with E-state index in [1.807, 2.05) is 24.3 Å². The minimum atomic E-state index is -0.326. The van der Waals surface area contributed by atoms with Crippen LogP contribution in [-0.4, -0.2) is 29.5 Å². The Kier molecular flexibility index (Phi) is 4.12. The average molecular weight is 262 g/mol. The van der Waals surface area contributed by atoms with Crippen molar-refractivity contribution in [1.29, 1.82) is 0 Å². The van der Waals surface area contributed by atoms with Crippen LogP contribution in [0.25, 0.3) is 10.9 Å². The quantitative estimate of drug-likeness (QED) is 0.356. The molecule has 0 aliphatic heterocycles. The highest BCUT2D eigenvalue weighted by Crippen LogP contribution is 2.23. The minimum Gasteiger partial charge on any atom is -0.467 e. The Balaban J connectivity index is 2.28. The normalized spacial score (nSPS) is 10.5. The van der Waals surface area contributed by atoms with Crippen LogP contribution >= 0.6 is 0 Å². The third-order valence-corrected chi connectivity index (χ3v) is 2.98. The highest BCUT2D eigenvalue weighted by Gasteiger charge is 2.13. The smallest absolute Gasteiger partial charge is 0.293 e. The number of aromatic amines is 1. The highest BCUT2D eigenvalue weighted by molar-refractivity contribution is 5.84. The lowest BCUT2D eigenvalue weighted by atomic mass is 10.1. The molecule has 0 aliphatic rings. The molecule has 1 aromatic carbocycles. The number of carbonyl (C=O) groups is 1. The molecule has 6 heteroatoms. The molecule has 0 aliphatic carbocycles. The third-order valence-electron chi connectivity index (χ3n) is 2.98. The summed E-state index contributed by atoms with van der Waals surface area (Å²) in [6.07, 6.45) is 0.897. The molecular formula is C13H14N2O4. The molecule has 0 spiro atoms. The maximum Gasteiger partial charge on any atom is 0.293 e. The summed E-state index contributed by atoms with van der Waals surface area (Å²) in [6, 6.07) is 7.67. The monoisotopic (exact) mass is 262 g/mol. The van der Waals surface area contributed by atoms with Crippen molar-refractivity contribution in [2.24, 2.45) is 0 Å². The number of ether oxygens (including phenoxy) is 1. The van der Waals surface area contributed by atoms with Crippen LogP contribution in [-0.2, 0) is 22.4 Å². The third kappa shape index (κ3) is 3.09. The molecule has 100 valence electrons. The van der Waals surface area contributed by atoms with E-state index in [0.29, 0.717) is 19.3 Å². The number of carbonyl (C=O) groups excluding carboxylic acids is 1. The summed E-state index contributed by atoms with van der Waals surface area (Å²) < 4.78 is 4.68. The minimum absolute atomic E-state index is 0.108. The van der Waals surface area contributed by atoms with Gasteiger partial charge in [0, 0.05) is 34.4 Å². The molecule has 0 atom stereocenters. The van der Waals surface area contributed by atoms with Gasteiger partial charge < -0.3 is 9.72 Å². The number of hydrogen-bond donors (Lipinski definition) is 1. The predicted octanol–water partition coefficient (Wildman–Crippen LogP) is 1.70. The Morgan fingerprint density at radius 1 is 1.32 bits per heavy atom. The Labute approximate surface area is 109 Å². The van der Waals surface area contributed by atoms with Crippen molar-refractivity contribution < 1.29 is 14.5 Å². The Morgan fingerprint density at radius 3 is 2.84 bits per heavy atom. The summed E-state index contributed by atoms with van der Waals surface area (Å²) in [5.74, 6) is 0. The lowest BCUT2D eigenvalue weighted by Crippen LogP contribution is -2.06. The lowest BCUT2D eigenvalue weighted by molar-refractivity contribution is -0.479. The molecule has 6 nitrogen and oxygen atoms in total. The Morgan fingerprint density at radius 2 is 2.11 bits per heavy atom. The zero-order chi connectivity index (χ0) is 13.7. The summed E-state index contributed by atoms with van der Waals surface area (Å²) in [4.78, 5) is 23.6. The first-order valence-electron chi connectivity index (χ1n) is 5.98. The summed E-state index contributed by atoms with van der Waals surface area (Å²) in [5.41, 5.74) is 2.77. The average Bonchev–Trinajstić information content (AvgIpc) is 2.74. The van der Waals surface area contributed by atoms with Gasteiger partial charge in [-0.2, -0.15) is 0 Å². The maximum atomic E-state index is 10.5. The van der Waals surface area contributed by atoms with E-state index in [-0.39, 0.29) is 18.1 Å². The number of fused-ring (bicyclic) bond motifs is 1. The molecule has 19 heavy (non-hydrogen) atoms. The molecule has 0 saturated heterocycles. The number of rotatable bonds is 7. The molecule has 1 aromatic heterocycles. The molecule has 0 radical (unpaired) electrons. The first kappa shape index (κ1) is 13.1. The van der Waals surface area contributed by atoms with E-state index in [0.717, 1.165) is 22.2 Å². The zero-order valence-electron chi connectivity index (χ0n) is 10.3. The first-order valence-corrected chi connectivity index (χ1v) is 5.98. The van der Waals surface area contributed by atoms with Crippen LogP contribution in [0.4, 0.5) is 0 Å². The summed E-state index contributed by atoms with van der Waals surface area (Å²) >= 11 is 0. The largest absolute Gasteiger partial charge is 0.467 e. The molecule has 2 aromatic rings. The lowest BCUT2D eigenvalue weighted by Gasteiger charge is -2.02. The molecule has 1 N–H and O–H groups in total. The van der Waals surface area contributed by atoms with Gasteiger partial charge in [0.05, 0.1) is 6.61 Å². The number of H-pyrrole nitrogens is 1. The SMILES string of the molecule is O=COCCc1[nH]c2ccccc2c1CC[N+](=O)[O-]. The van der Waals surface area contributed by atoms with Crippen molar-refractivity contribution in [3.05, 3.63) is 45.6 Å². The second kappa shape index (κ2) is 5.99. The Hall–Kier alpha value is -2.37. The summed E-state index contributed by atoms with van der Waals surface area (Å²) in [7, 11) is 0. The van der Waals surface area contributed by atoms with E-state index in [1.54, 1.807) is 0 Å². The van der Waals surface area contributed by atoms with Crippen LogP contribution in [0.3, 0.4) is 0 Å². The molecule has 0 fully saturated rings. The van der Waals surface area contributed by atoms with Gasteiger partial charge in [-0.05, 0) is 11.6 Å². The zero-order valence-corrected chi connectivity index (χ0v) is 10.3. The van der Waals surface area contributed by atoms with Gasteiger partial charge in [0.2, 0.25) is 6.54 Å². The first-order chi connectivity index (χ1) is 9.22. The second-order valence-electron chi connectivity index (χ2n) is 4.15. The molecule has 0 saturated carbocycles. The fraction of sp³-hybridized carbons (Fsp3) is 0.308. The van der Waals surface area contributed by atoms with Gasteiger partial charge in [-0.15, -0.1) is 0 Å². The van der Waals surface area contributed by atoms with Gasteiger partial charge in [-0.1, -0.05) is 18.2 Å². The van der Waals surface area contributed by atoms with Crippen LogP contribution in [0.1, 0.15) is 11.3 Å². The van der Waals surface area contributed by atoms with Gasteiger partial charge in [0.25, 0.3) is 6.47 Å². The number of hydrogen-bond acceptors (Lipinski definition) is 4. The summed E-state index contributed by atoms with van der Waals surface area (Å²) in [6.45, 7) is 0.560. The van der Waals surface area contributed by atoms with Crippen LogP contribution < -0.4 is 0 Å². The molecular weight excluding hydrogens is 248 g/mol. The fourth-order valence-corrected chi connectivity index (χ4v) is 2.17. The van der Waals surface area contributed by atoms with Gasteiger partial charge in [0.15, 0.2) is 0 Å². The van der Waals surface area contributed by atoms with E-state index in [1.165, 1.54) is 0 Å². The molecule has 0 bridgehead atoms. The van der Waals surface area contributed by atoms with E-state index in [4.69, 9.17) is 0 Å². The molecule has 2 rings (SSSR count). The van der Waals surface area contributed by atoms with E-state index < -0.39 is 0 Å². The van der Waals surface area contributed by atoms with Crippen molar-refractivity contribution in [3.8, 4) is 0 Å². The van der Waals surface area contributed by atoms with Crippen LogP contribution in [0.15, 0.2) is 24.3 Å². The number of benzene rings is 1. The van der Waals surface area contributed by atoms with Gasteiger partial charge in [-0.25, -0.2) is 0 Å². The van der Waals surface area contributed by atoms with Crippen molar-refractivity contribution in [2.75, 3.05) is 13.2 Å². The van der Waals surface area contributed by atoms with Crippen LogP contribution in [0, 0.1) is 10.1 Å². The van der Waals surface area contributed by atoms with Crippen molar-refractivity contribution in [2.45, 2.75) is 12.8 Å². The molecule has 0 amide bonds. The number of para-hydroxylation sites is 1. The number of nitro groups is 1. The maximum absolute atomic E-state index is 10.5. The topological polar surface area (TPSA) is 85.2 Å². The van der Waals surface area contributed by atoms with E-state index >= 15 is 0 Å². The van der Waals surface area contributed by atoms with Crippen molar-refractivity contribution in [1.82, 2.24) is 4.98 Å². The van der Waals surface area contributed by atoms with Crippen LogP contribution in [0.2, 0.25) is 0 Å². The van der Waals surface area contributed by atoms with Gasteiger partial charge >= 0.3 is 0 Å². The number of aromatic nitrogens is 1. The van der Waals surface area contributed by atoms with E-state index in [2.05, 4.69) is 9.72 Å². The fourth-order valence-electron chi connectivity index (χ4n) is 2.17. The summed E-state index contributed by atoms with van der Waals surface area (Å²) in [5, 5.41) is 11.5. The standard InChI is InChI=1S/C13H14N2O4/c16-9-19-8-6-13-11(5-7-15(17)18)10-3-1-2-4-12(10)14-13/h1-4,9,14H,5-8H2. The van der Waals surface area contributed by atoms with Gasteiger partial charge in [0.1, 0.15) is 0 Å². The second-order valence-corrected chi connectivity index (χ2v) is 4.15. The predicted molar refractivity (Wildman–Crippen MR) is 69.6 cm³/mol. The van der Waals surface area contributed by atoms with Crippen LogP contribution in [0.5, 0.6) is 0 Å². The van der Waals surface area contributed by atoms with Gasteiger partial charge in [-0.3, -0.25) is 14.9 Å². The molecule has 1 heterocycles. The van der Waals surface area contributed by atoms with E-state index in [9.17, 15) is 14.9 Å². The van der Waals surface area contributed by atoms with Crippen molar-refractivity contribution in [3.63, 3.8) is 0 Å². The van der Waals surface area contributed by atoms with Crippen molar-refractivity contribution >= 4 is 17.4 Å². The Bertz CT molecular complexity index is 591. The highest BCUT2D eigenvalue weighted by atomic mass is 16.6.